The van der Waals surface area contributed by atoms with Crippen molar-refractivity contribution in [1.29, 1.82) is 0 Å². The number of benzene rings is 1. The summed E-state index contributed by atoms with van der Waals surface area (Å²) in [4.78, 5) is 5.46. The van der Waals surface area contributed by atoms with Gasteiger partial charge in [0.1, 0.15) is 12.4 Å². The molecular formula is C15H20N2OS. The van der Waals surface area contributed by atoms with E-state index in [9.17, 15) is 0 Å². The zero-order valence-corrected chi connectivity index (χ0v) is 12.3. The van der Waals surface area contributed by atoms with Gasteiger partial charge in [-0.2, -0.15) is 0 Å². The molecule has 0 atom stereocenters. The summed E-state index contributed by atoms with van der Waals surface area (Å²) < 4.78 is 5.75. The first-order valence-electron chi connectivity index (χ1n) is 6.72. The smallest absolute Gasteiger partial charge is 0.182 e. The largest absolute Gasteiger partial charge is 0.488 e. The molecule has 0 fully saturated rings. The number of hydrogen-bond donors (Lipinski definition) is 1. The van der Waals surface area contributed by atoms with E-state index < -0.39 is 0 Å². The number of ether oxygens (including phenoxy) is 1. The summed E-state index contributed by atoms with van der Waals surface area (Å²) in [7, 11) is 0. The second-order valence-electron chi connectivity index (χ2n) is 4.34. The van der Waals surface area contributed by atoms with Crippen LogP contribution in [-0.2, 0) is 13.0 Å². The fourth-order valence-electron chi connectivity index (χ4n) is 1.66. The number of rotatable bonds is 7. The van der Waals surface area contributed by atoms with Gasteiger partial charge in [0, 0.05) is 12.7 Å². The minimum absolute atomic E-state index is 0.580. The van der Waals surface area contributed by atoms with Gasteiger partial charge in [0.2, 0.25) is 0 Å². The van der Waals surface area contributed by atoms with E-state index in [1.54, 1.807) is 11.3 Å². The van der Waals surface area contributed by atoms with Crippen molar-refractivity contribution in [2.45, 2.75) is 33.3 Å². The maximum atomic E-state index is 5.75. The summed E-state index contributed by atoms with van der Waals surface area (Å²) >= 11 is 1.65. The molecule has 2 rings (SSSR count). The SMILES string of the molecule is CCCNc1ncc(COc2ccc(CC)cc2)s1. The minimum Gasteiger partial charge on any atom is -0.488 e. The maximum absolute atomic E-state index is 5.75. The van der Waals surface area contributed by atoms with Gasteiger partial charge in [0.15, 0.2) is 5.13 Å². The minimum atomic E-state index is 0.580. The van der Waals surface area contributed by atoms with E-state index in [0.717, 1.165) is 35.1 Å². The van der Waals surface area contributed by atoms with Crippen LogP contribution < -0.4 is 10.1 Å². The third kappa shape index (κ3) is 4.24. The molecule has 0 unspecified atom stereocenters. The molecule has 0 spiro atoms. The van der Waals surface area contributed by atoms with Gasteiger partial charge in [-0.3, -0.25) is 0 Å². The zero-order chi connectivity index (χ0) is 13.5. The van der Waals surface area contributed by atoms with E-state index >= 15 is 0 Å². The molecule has 0 saturated carbocycles. The van der Waals surface area contributed by atoms with Gasteiger partial charge in [0.25, 0.3) is 0 Å². The first-order valence-corrected chi connectivity index (χ1v) is 7.53. The molecular weight excluding hydrogens is 256 g/mol. The van der Waals surface area contributed by atoms with Crippen LogP contribution in [0.1, 0.15) is 30.7 Å². The molecule has 0 bridgehead atoms. The van der Waals surface area contributed by atoms with E-state index in [1.165, 1.54) is 5.56 Å². The fourth-order valence-corrected chi connectivity index (χ4v) is 2.41. The number of aromatic nitrogens is 1. The third-order valence-electron chi connectivity index (χ3n) is 2.79. The van der Waals surface area contributed by atoms with Gasteiger partial charge in [-0.25, -0.2) is 4.98 Å². The quantitative estimate of drug-likeness (QED) is 0.826. The summed E-state index contributed by atoms with van der Waals surface area (Å²) in [5, 5.41) is 4.25. The summed E-state index contributed by atoms with van der Waals surface area (Å²) in [6.07, 6.45) is 4.04. The Morgan fingerprint density at radius 2 is 2.00 bits per heavy atom. The number of aryl methyl sites for hydroxylation is 1. The van der Waals surface area contributed by atoms with Crippen LogP contribution in [0.25, 0.3) is 0 Å². The van der Waals surface area contributed by atoms with Crippen molar-refractivity contribution in [2.75, 3.05) is 11.9 Å². The standard InChI is InChI=1S/C15H20N2OS/c1-3-9-16-15-17-10-14(19-15)11-18-13-7-5-12(4-2)6-8-13/h5-8,10H,3-4,9,11H2,1-2H3,(H,16,17). The topological polar surface area (TPSA) is 34.2 Å². The van der Waals surface area contributed by atoms with Gasteiger partial charge in [-0.05, 0) is 30.5 Å². The second-order valence-corrected chi connectivity index (χ2v) is 5.46. The molecule has 2 aromatic rings. The van der Waals surface area contributed by atoms with Gasteiger partial charge >= 0.3 is 0 Å². The molecule has 102 valence electrons. The average molecular weight is 276 g/mol. The lowest BCUT2D eigenvalue weighted by Crippen LogP contribution is -1.97. The summed E-state index contributed by atoms with van der Waals surface area (Å²) in [6, 6.07) is 8.26. The summed E-state index contributed by atoms with van der Waals surface area (Å²) in [5.74, 6) is 0.911. The Morgan fingerprint density at radius 3 is 2.68 bits per heavy atom. The predicted octanol–water partition coefficient (Wildman–Crippen LogP) is 4.11. The third-order valence-corrected chi connectivity index (χ3v) is 3.72. The number of thiazole rings is 1. The molecule has 0 radical (unpaired) electrons. The van der Waals surface area contributed by atoms with Crippen molar-refractivity contribution in [3.8, 4) is 5.75 Å². The van der Waals surface area contributed by atoms with Crippen LogP contribution >= 0.6 is 11.3 Å². The molecule has 1 aromatic carbocycles. The van der Waals surface area contributed by atoms with Crippen molar-refractivity contribution >= 4 is 16.5 Å². The Hall–Kier alpha value is -1.55. The Balaban J connectivity index is 1.85. The maximum Gasteiger partial charge on any atom is 0.182 e. The Labute approximate surface area is 118 Å². The summed E-state index contributed by atoms with van der Waals surface area (Å²) in [5.41, 5.74) is 1.33. The highest BCUT2D eigenvalue weighted by Gasteiger charge is 2.02. The second kappa shape index (κ2) is 7.14. The van der Waals surface area contributed by atoms with Crippen molar-refractivity contribution in [2.24, 2.45) is 0 Å². The normalized spacial score (nSPS) is 10.4. The Bertz CT molecular complexity index is 493. The first-order chi connectivity index (χ1) is 9.31. The van der Waals surface area contributed by atoms with Gasteiger partial charge in [-0.1, -0.05) is 37.3 Å². The molecule has 1 heterocycles. The number of nitrogens with zero attached hydrogens (tertiary/aromatic N) is 1. The molecule has 0 aliphatic heterocycles. The van der Waals surface area contributed by atoms with Gasteiger partial charge in [0.05, 0.1) is 4.88 Å². The highest BCUT2D eigenvalue weighted by Crippen LogP contribution is 2.20. The van der Waals surface area contributed by atoms with Crippen molar-refractivity contribution in [3.63, 3.8) is 0 Å². The average Bonchev–Trinajstić information content (AvgIpc) is 2.91. The van der Waals surface area contributed by atoms with E-state index in [2.05, 4.69) is 36.3 Å². The van der Waals surface area contributed by atoms with Gasteiger partial charge < -0.3 is 10.1 Å². The lowest BCUT2D eigenvalue weighted by molar-refractivity contribution is 0.309. The predicted molar refractivity (Wildman–Crippen MR) is 81.0 cm³/mol. The van der Waals surface area contributed by atoms with Gasteiger partial charge in [-0.15, -0.1) is 0 Å². The van der Waals surface area contributed by atoms with E-state index in [-0.39, 0.29) is 0 Å². The summed E-state index contributed by atoms with van der Waals surface area (Å²) in [6.45, 7) is 5.84. The number of nitrogens with one attached hydrogen (secondary N) is 1. The lowest BCUT2D eigenvalue weighted by atomic mass is 10.2. The molecule has 0 saturated heterocycles. The first kappa shape index (κ1) is 13.9. The molecule has 0 aliphatic carbocycles. The van der Waals surface area contributed by atoms with Crippen molar-refractivity contribution < 1.29 is 4.74 Å². The van der Waals surface area contributed by atoms with Crippen LogP contribution in [0.5, 0.6) is 5.75 Å². The van der Waals surface area contributed by atoms with E-state index in [1.807, 2.05) is 18.3 Å². The molecule has 4 heteroatoms. The molecule has 1 N–H and O–H groups in total. The number of anilines is 1. The highest BCUT2D eigenvalue weighted by atomic mass is 32.1. The molecule has 3 nitrogen and oxygen atoms in total. The fraction of sp³-hybridized carbons (Fsp3) is 0.400. The van der Waals surface area contributed by atoms with Crippen LogP contribution in [0.3, 0.4) is 0 Å². The van der Waals surface area contributed by atoms with Crippen LogP contribution in [0.4, 0.5) is 5.13 Å². The number of hydrogen-bond acceptors (Lipinski definition) is 4. The molecule has 0 aliphatic rings. The highest BCUT2D eigenvalue weighted by molar-refractivity contribution is 7.15. The van der Waals surface area contributed by atoms with Crippen molar-refractivity contribution in [1.82, 2.24) is 4.98 Å². The molecule has 19 heavy (non-hydrogen) atoms. The van der Waals surface area contributed by atoms with E-state index in [4.69, 9.17) is 4.74 Å². The van der Waals surface area contributed by atoms with Crippen molar-refractivity contribution in [3.05, 3.63) is 40.9 Å². The molecule has 1 aromatic heterocycles. The van der Waals surface area contributed by atoms with E-state index in [0.29, 0.717) is 6.61 Å². The Kier molecular flexibility index (Phi) is 5.21. The zero-order valence-electron chi connectivity index (χ0n) is 11.5. The van der Waals surface area contributed by atoms with Crippen LogP contribution in [-0.4, -0.2) is 11.5 Å². The molecule has 0 amide bonds. The lowest BCUT2D eigenvalue weighted by Gasteiger charge is -2.04. The van der Waals surface area contributed by atoms with Crippen LogP contribution in [0.15, 0.2) is 30.5 Å². The monoisotopic (exact) mass is 276 g/mol. The van der Waals surface area contributed by atoms with Crippen LogP contribution in [0.2, 0.25) is 0 Å². The van der Waals surface area contributed by atoms with Crippen LogP contribution in [0, 0.1) is 0 Å². The Morgan fingerprint density at radius 1 is 1.21 bits per heavy atom.